The van der Waals surface area contributed by atoms with Gasteiger partial charge in [0.25, 0.3) is 5.91 Å². The van der Waals surface area contributed by atoms with Gasteiger partial charge >= 0.3 is 0 Å². The number of nitrogens with zero attached hydrogens (tertiary/aromatic N) is 1. The molecule has 1 aliphatic rings. The molecule has 0 fully saturated rings. The predicted octanol–water partition coefficient (Wildman–Crippen LogP) is 2.95. The van der Waals surface area contributed by atoms with Crippen LogP contribution in [-0.4, -0.2) is 24.3 Å². The summed E-state index contributed by atoms with van der Waals surface area (Å²) in [5, 5.41) is 4.25. The maximum absolute atomic E-state index is 12.3. The van der Waals surface area contributed by atoms with Gasteiger partial charge in [0, 0.05) is 12.1 Å². The van der Waals surface area contributed by atoms with E-state index in [1.54, 1.807) is 6.07 Å². The summed E-state index contributed by atoms with van der Waals surface area (Å²) in [7, 11) is 0. The highest BCUT2D eigenvalue weighted by Crippen LogP contribution is 2.30. The van der Waals surface area contributed by atoms with Crippen molar-refractivity contribution >= 4 is 11.6 Å². The third-order valence-electron chi connectivity index (χ3n) is 3.78. The van der Waals surface area contributed by atoms with Gasteiger partial charge in [-0.3, -0.25) is 4.79 Å². The van der Waals surface area contributed by atoms with Crippen molar-refractivity contribution in [2.75, 3.05) is 6.61 Å². The summed E-state index contributed by atoms with van der Waals surface area (Å²) in [4.78, 5) is 12.3. The molecule has 24 heavy (non-hydrogen) atoms. The zero-order chi connectivity index (χ0) is 16.8. The number of benzene rings is 2. The van der Waals surface area contributed by atoms with Gasteiger partial charge in [0.1, 0.15) is 6.61 Å². The first-order valence-corrected chi connectivity index (χ1v) is 8.04. The van der Waals surface area contributed by atoms with Crippen LogP contribution in [0.1, 0.15) is 18.9 Å². The number of hydrazone groups is 1. The average Bonchev–Trinajstić information content (AvgIpc) is 2.65. The first-order chi connectivity index (χ1) is 11.8. The summed E-state index contributed by atoms with van der Waals surface area (Å²) in [6.45, 7) is 2.20. The van der Waals surface area contributed by atoms with Gasteiger partial charge in [0.05, 0.1) is 0 Å². The second kappa shape index (κ2) is 7.64. The summed E-state index contributed by atoms with van der Waals surface area (Å²) in [6.07, 6.45) is 0.779. The van der Waals surface area contributed by atoms with Crippen LogP contribution in [0.25, 0.3) is 0 Å². The number of fused-ring (bicyclic) bond motifs is 1. The highest BCUT2D eigenvalue weighted by molar-refractivity contribution is 5.89. The third kappa shape index (κ3) is 3.93. The summed E-state index contributed by atoms with van der Waals surface area (Å²) in [5.41, 5.74) is 4.67. The summed E-state index contributed by atoms with van der Waals surface area (Å²) >= 11 is 0. The maximum Gasteiger partial charge on any atom is 0.284 e. The van der Waals surface area contributed by atoms with E-state index in [4.69, 9.17) is 9.47 Å². The SMILES string of the molecule is CC/C(Cc1ccccc1)=N/NC(=O)[C@H]1COc2ccccc2O1. The topological polar surface area (TPSA) is 59.9 Å². The Kier molecular flexibility index (Phi) is 5.11. The molecule has 5 nitrogen and oxygen atoms in total. The van der Waals surface area contributed by atoms with Crippen LogP contribution in [0.4, 0.5) is 0 Å². The van der Waals surface area contributed by atoms with Gasteiger partial charge in [0.15, 0.2) is 11.5 Å². The number of carbonyl (C=O) groups excluding carboxylic acids is 1. The molecule has 2 aromatic rings. The van der Waals surface area contributed by atoms with Gasteiger partial charge < -0.3 is 9.47 Å². The Balaban J connectivity index is 1.60. The quantitative estimate of drug-likeness (QED) is 0.679. The smallest absolute Gasteiger partial charge is 0.284 e. The minimum absolute atomic E-state index is 0.179. The predicted molar refractivity (Wildman–Crippen MR) is 92.4 cm³/mol. The number of nitrogens with one attached hydrogen (secondary N) is 1. The highest BCUT2D eigenvalue weighted by Gasteiger charge is 2.27. The molecule has 5 heteroatoms. The van der Waals surface area contributed by atoms with Gasteiger partial charge in [0.2, 0.25) is 6.10 Å². The molecule has 0 aliphatic carbocycles. The van der Waals surface area contributed by atoms with Gasteiger partial charge in [-0.2, -0.15) is 5.10 Å². The molecule has 0 saturated carbocycles. The molecule has 0 aromatic heterocycles. The van der Waals surface area contributed by atoms with E-state index in [-0.39, 0.29) is 12.5 Å². The van der Waals surface area contributed by atoms with E-state index in [0.29, 0.717) is 17.9 Å². The van der Waals surface area contributed by atoms with Gasteiger partial charge in [-0.1, -0.05) is 49.4 Å². The Hall–Kier alpha value is -2.82. The van der Waals surface area contributed by atoms with Crippen LogP contribution < -0.4 is 14.9 Å². The van der Waals surface area contributed by atoms with Crippen LogP contribution in [-0.2, 0) is 11.2 Å². The van der Waals surface area contributed by atoms with E-state index >= 15 is 0 Å². The number of para-hydroxylation sites is 2. The Morgan fingerprint density at radius 2 is 1.83 bits per heavy atom. The molecule has 0 unspecified atom stereocenters. The van der Waals surface area contributed by atoms with Crippen molar-refractivity contribution in [1.82, 2.24) is 5.43 Å². The molecule has 0 radical (unpaired) electrons. The van der Waals surface area contributed by atoms with E-state index in [0.717, 1.165) is 12.1 Å². The maximum atomic E-state index is 12.3. The third-order valence-corrected chi connectivity index (χ3v) is 3.78. The van der Waals surface area contributed by atoms with Crippen LogP contribution in [0.5, 0.6) is 11.5 Å². The molecule has 0 saturated heterocycles. The van der Waals surface area contributed by atoms with Crippen LogP contribution >= 0.6 is 0 Å². The molecular formula is C19H20N2O3. The number of hydrogen-bond acceptors (Lipinski definition) is 4. The molecule has 1 atom stereocenters. The molecule has 3 rings (SSSR count). The van der Waals surface area contributed by atoms with Gasteiger partial charge in [-0.05, 0) is 24.1 Å². The fourth-order valence-corrected chi connectivity index (χ4v) is 2.43. The lowest BCUT2D eigenvalue weighted by Crippen LogP contribution is -2.42. The summed E-state index contributed by atoms with van der Waals surface area (Å²) in [6, 6.07) is 17.4. The molecular weight excluding hydrogens is 304 g/mol. The monoisotopic (exact) mass is 324 g/mol. The molecule has 1 aliphatic heterocycles. The first kappa shape index (κ1) is 16.1. The van der Waals surface area contributed by atoms with E-state index < -0.39 is 6.10 Å². The Morgan fingerprint density at radius 1 is 1.12 bits per heavy atom. The van der Waals surface area contributed by atoms with Crippen molar-refractivity contribution in [2.24, 2.45) is 5.10 Å². The second-order valence-corrected chi connectivity index (χ2v) is 5.53. The normalized spacial score (nSPS) is 16.5. The van der Waals surface area contributed by atoms with Gasteiger partial charge in [-0.15, -0.1) is 0 Å². The minimum Gasteiger partial charge on any atom is -0.485 e. The largest absolute Gasteiger partial charge is 0.485 e. The van der Waals surface area contributed by atoms with Crippen LogP contribution in [0.3, 0.4) is 0 Å². The number of amides is 1. The average molecular weight is 324 g/mol. The number of carbonyl (C=O) groups is 1. The van der Waals surface area contributed by atoms with Gasteiger partial charge in [-0.25, -0.2) is 5.43 Å². The zero-order valence-corrected chi connectivity index (χ0v) is 13.6. The summed E-state index contributed by atoms with van der Waals surface area (Å²) < 4.78 is 11.2. The molecule has 0 bridgehead atoms. The number of ether oxygens (including phenoxy) is 2. The highest BCUT2D eigenvalue weighted by atomic mass is 16.6. The molecule has 124 valence electrons. The second-order valence-electron chi connectivity index (χ2n) is 5.53. The number of rotatable bonds is 5. The molecule has 2 aromatic carbocycles. The lowest BCUT2D eigenvalue weighted by Gasteiger charge is -2.24. The van der Waals surface area contributed by atoms with Crippen molar-refractivity contribution in [3.8, 4) is 11.5 Å². The Bertz CT molecular complexity index is 728. The van der Waals surface area contributed by atoms with Crippen LogP contribution in [0, 0.1) is 0 Å². The molecule has 1 amide bonds. The van der Waals surface area contributed by atoms with Crippen molar-refractivity contribution in [3.05, 3.63) is 60.2 Å². The number of hydrogen-bond donors (Lipinski definition) is 1. The van der Waals surface area contributed by atoms with Crippen molar-refractivity contribution in [3.63, 3.8) is 0 Å². The fourth-order valence-electron chi connectivity index (χ4n) is 2.43. The molecule has 1 N–H and O–H groups in total. The standard InChI is InChI=1S/C19H20N2O3/c1-2-15(12-14-8-4-3-5-9-14)20-21-19(22)18-13-23-16-10-6-7-11-17(16)24-18/h3-11,18H,2,12-13H2,1H3,(H,21,22)/b20-15-/t18-/m1/s1. The minimum atomic E-state index is -0.696. The van der Waals surface area contributed by atoms with E-state index in [1.165, 1.54) is 5.56 Å². The zero-order valence-electron chi connectivity index (χ0n) is 13.6. The summed E-state index contributed by atoms with van der Waals surface area (Å²) in [5.74, 6) is 0.930. The van der Waals surface area contributed by atoms with Crippen LogP contribution in [0.2, 0.25) is 0 Å². The van der Waals surface area contributed by atoms with E-state index in [1.807, 2.05) is 55.5 Å². The van der Waals surface area contributed by atoms with E-state index in [9.17, 15) is 4.79 Å². The van der Waals surface area contributed by atoms with Crippen LogP contribution in [0.15, 0.2) is 59.7 Å². The van der Waals surface area contributed by atoms with Crippen molar-refractivity contribution < 1.29 is 14.3 Å². The van der Waals surface area contributed by atoms with E-state index in [2.05, 4.69) is 10.5 Å². The van der Waals surface area contributed by atoms with Crippen molar-refractivity contribution in [2.45, 2.75) is 25.9 Å². The first-order valence-electron chi connectivity index (χ1n) is 8.04. The molecule has 0 spiro atoms. The van der Waals surface area contributed by atoms with Crippen molar-refractivity contribution in [1.29, 1.82) is 0 Å². The Labute approximate surface area is 141 Å². The lowest BCUT2D eigenvalue weighted by molar-refractivity contribution is -0.130. The molecule has 1 heterocycles. The fraction of sp³-hybridized carbons (Fsp3) is 0.263. The Morgan fingerprint density at radius 3 is 2.58 bits per heavy atom. The lowest BCUT2D eigenvalue weighted by atomic mass is 10.1.